The number of carboxylic acid groups (broad SMARTS) is 1. The van der Waals surface area contributed by atoms with Gasteiger partial charge in [-0.2, -0.15) is 0 Å². The molecule has 92 valence electrons. The minimum Gasteiger partial charge on any atom is -0.478 e. The predicted octanol–water partition coefficient (Wildman–Crippen LogP) is 4.41. The van der Waals surface area contributed by atoms with E-state index in [0.29, 0.717) is 10.6 Å². The normalized spacial score (nSPS) is 10.4. The van der Waals surface area contributed by atoms with E-state index in [2.05, 4.69) is 4.98 Å². The number of hydrogen-bond donors (Lipinski definition) is 1. The zero-order chi connectivity index (χ0) is 13.3. The highest BCUT2D eigenvalue weighted by Crippen LogP contribution is 2.34. The van der Waals surface area contributed by atoms with E-state index in [0.717, 1.165) is 0 Å². The van der Waals surface area contributed by atoms with Gasteiger partial charge in [0.15, 0.2) is 0 Å². The number of aromatic carboxylic acids is 1. The van der Waals surface area contributed by atoms with Crippen molar-refractivity contribution in [3.63, 3.8) is 0 Å². The van der Waals surface area contributed by atoms with Gasteiger partial charge in [0.1, 0.15) is 0 Å². The minimum absolute atomic E-state index is 0.0216. The van der Waals surface area contributed by atoms with E-state index in [-0.39, 0.29) is 21.3 Å². The third kappa shape index (κ3) is 2.43. The fourth-order valence-electron chi connectivity index (χ4n) is 1.50. The highest BCUT2D eigenvalue weighted by molar-refractivity contribution is 6.43. The van der Waals surface area contributed by atoms with Crippen LogP contribution in [0.3, 0.4) is 0 Å². The molecule has 1 aromatic heterocycles. The van der Waals surface area contributed by atoms with E-state index >= 15 is 0 Å². The van der Waals surface area contributed by atoms with Crippen LogP contribution in [0.2, 0.25) is 15.1 Å². The highest BCUT2D eigenvalue weighted by atomic mass is 35.5. The van der Waals surface area contributed by atoms with Gasteiger partial charge in [-0.25, -0.2) is 4.79 Å². The lowest BCUT2D eigenvalue weighted by atomic mass is 10.1. The number of carboxylic acids is 1. The molecule has 1 heterocycles. The molecule has 0 saturated carbocycles. The highest BCUT2D eigenvalue weighted by Gasteiger charge is 2.17. The van der Waals surface area contributed by atoms with Gasteiger partial charge in [0, 0.05) is 11.8 Å². The lowest BCUT2D eigenvalue weighted by Crippen LogP contribution is -2.02. The van der Waals surface area contributed by atoms with Crippen molar-refractivity contribution < 1.29 is 9.90 Å². The summed E-state index contributed by atoms with van der Waals surface area (Å²) in [7, 11) is 0. The van der Waals surface area contributed by atoms with Gasteiger partial charge < -0.3 is 5.11 Å². The maximum absolute atomic E-state index is 11.2. The Morgan fingerprint density at radius 1 is 1.22 bits per heavy atom. The zero-order valence-corrected chi connectivity index (χ0v) is 11.1. The summed E-state index contributed by atoms with van der Waals surface area (Å²) < 4.78 is 0. The average Bonchev–Trinajstić information content (AvgIpc) is 2.33. The SMILES string of the molecule is O=C(O)c1cc(Cl)cnc1-c1cccc(Cl)c1Cl. The molecule has 0 atom stereocenters. The molecule has 0 aliphatic rings. The molecule has 0 saturated heterocycles. The summed E-state index contributed by atoms with van der Waals surface area (Å²) in [6, 6.07) is 6.26. The zero-order valence-electron chi connectivity index (χ0n) is 8.82. The fourth-order valence-corrected chi connectivity index (χ4v) is 2.05. The topological polar surface area (TPSA) is 50.2 Å². The molecule has 2 rings (SSSR count). The predicted molar refractivity (Wildman–Crippen MR) is 71.7 cm³/mol. The Morgan fingerprint density at radius 2 is 1.94 bits per heavy atom. The molecule has 0 amide bonds. The molecule has 0 unspecified atom stereocenters. The van der Waals surface area contributed by atoms with Crippen LogP contribution in [0.4, 0.5) is 0 Å². The number of hydrogen-bond acceptors (Lipinski definition) is 2. The summed E-state index contributed by atoms with van der Waals surface area (Å²) in [5.74, 6) is -1.13. The van der Waals surface area contributed by atoms with Gasteiger partial charge in [0.25, 0.3) is 0 Å². The molecule has 6 heteroatoms. The van der Waals surface area contributed by atoms with Crippen LogP contribution in [-0.2, 0) is 0 Å². The first-order valence-corrected chi connectivity index (χ1v) is 5.97. The van der Waals surface area contributed by atoms with Gasteiger partial charge >= 0.3 is 5.97 Å². The van der Waals surface area contributed by atoms with Gasteiger partial charge in [-0.05, 0) is 12.1 Å². The Bertz CT molecular complexity index is 629. The van der Waals surface area contributed by atoms with Crippen molar-refractivity contribution in [1.82, 2.24) is 4.98 Å². The summed E-state index contributed by atoms with van der Waals surface area (Å²) >= 11 is 17.7. The third-order valence-electron chi connectivity index (χ3n) is 2.29. The van der Waals surface area contributed by atoms with E-state index in [1.165, 1.54) is 12.3 Å². The van der Waals surface area contributed by atoms with Crippen molar-refractivity contribution in [1.29, 1.82) is 0 Å². The maximum Gasteiger partial charge on any atom is 0.337 e. The number of aromatic nitrogens is 1. The Labute approximate surface area is 118 Å². The second-order valence-electron chi connectivity index (χ2n) is 3.46. The molecule has 2 aromatic rings. The number of pyridine rings is 1. The second kappa shape index (κ2) is 5.14. The number of halogens is 3. The van der Waals surface area contributed by atoms with Crippen LogP contribution in [-0.4, -0.2) is 16.1 Å². The fraction of sp³-hybridized carbons (Fsp3) is 0. The van der Waals surface area contributed by atoms with Crippen molar-refractivity contribution in [2.75, 3.05) is 0 Å². The number of carbonyl (C=O) groups is 1. The lowest BCUT2D eigenvalue weighted by molar-refractivity contribution is 0.0697. The molecular formula is C12H6Cl3NO2. The second-order valence-corrected chi connectivity index (χ2v) is 4.68. The van der Waals surface area contributed by atoms with Crippen molar-refractivity contribution in [2.24, 2.45) is 0 Å². The van der Waals surface area contributed by atoms with Crippen LogP contribution >= 0.6 is 34.8 Å². The lowest BCUT2D eigenvalue weighted by Gasteiger charge is -2.08. The van der Waals surface area contributed by atoms with Crippen molar-refractivity contribution >= 4 is 40.8 Å². The van der Waals surface area contributed by atoms with E-state index in [4.69, 9.17) is 39.9 Å². The van der Waals surface area contributed by atoms with E-state index in [1.807, 2.05) is 0 Å². The molecular weight excluding hydrogens is 296 g/mol. The largest absolute Gasteiger partial charge is 0.478 e. The minimum atomic E-state index is -1.13. The Kier molecular flexibility index (Phi) is 3.76. The molecule has 0 spiro atoms. The number of rotatable bonds is 2. The molecule has 18 heavy (non-hydrogen) atoms. The van der Waals surface area contributed by atoms with Crippen LogP contribution < -0.4 is 0 Å². The quantitative estimate of drug-likeness (QED) is 0.894. The van der Waals surface area contributed by atoms with Gasteiger partial charge in [-0.15, -0.1) is 0 Å². The van der Waals surface area contributed by atoms with Crippen LogP contribution in [0.15, 0.2) is 30.5 Å². The molecule has 3 nitrogen and oxygen atoms in total. The summed E-state index contributed by atoms with van der Waals surface area (Å²) in [4.78, 5) is 15.2. The maximum atomic E-state index is 11.2. The van der Waals surface area contributed by atoms with Crippen molar-refractivity contribution in [3.05, 3.63) is 51.1 Å². The summed E-state index contributed by atoms with van der Waals surface area (Å²) in [5.41, 5.74) is 0.671. The van der Waals surface area contributed by atoms with Gasteiger partial charge in [-0.1, -0.05) is 46.9 Å². The van der Waals surface area contributed by atoms with Gasteiger partial charge in [0.05, 0.1) is 26.3 Å². The van der Waals surface area contributed by atoms with Crippen LogP contribution in [0.1, 0.15) is 10.4 Å². The molecule has 0 bridgehead atoms. The number of benzene rings is 1. The monoisotopic (exact) mass is 301 g/mol. The van der Waals surface area contributed by atoms with E-state index < -0.39 is 5.97 Å². The van der Waals surface area contributed by atoms with Gasteiger partial charge in [-0.3, -0.25) is 4.98 Å². The molecule has 0 aliphatic carbocycles. The smallest absolute Gasteiger partial charge is 0.337 e. The van der Waals surface area contributed by atoms with Crippen molar-refractivity contribution in [2.45, 2.75) is 0 Å². The Balaban J connectivity index is 2.71. The van der Waals surface area contributed by atoms with E-state index in [9.17, 15) is 4.79 Å². The molecule has 1 aromatic carbocycles. The molecule has 0 radical (unpaired) electrons. The molecule has 1 N–H and O–H groups in total. The average molecular weight is 303 g/mol. The summed E-state index contributed by atoms with van der Waals surface area (Å²) in [6.07, 6.45) is 1.36. The standard InChI is InChI=1S/C12H6Cl3NO2/c13-6-4-8(12(17)18)11(16-5-6)7-2-1-3-9(14)10(7)15/h1-5H,(H,17,18). The third-order valence-corrected chi connectivity index (χ3v) is 3.32. The Hall–Kier alpha value is -1.29. The van der Waals surface area contributed by atoms with Gasteiger partial charge in [0.2, 0.25) is 0 Å². The first-order valence-electron chi connectivity index (χ1n) is 4.84. The first kappa shape index (κ1) is 13.1. The van der Waals surface area contributed by atoms with Crippen LogP contribution in [0, 0.1) is 0 Å². The van der Waals surface area contributed by atoms with E-state index in [1.54, 1.807) is 18.2 Å². The first-order chi connectivity index (χ1) is 8.50. The van der Waals surface area contributed by atoms with Crippen LogP contribution in [0.5, 0.6) is 0 Å². The number of nitrogens with zero attached hydrogens (tertiary/aromatic N) is 1. The Morgan fingerprint density at radius 3 is 2.61 bits per heavy atom. The summed E-state index contributed by atoms with van der Waals surface area (Å²) in [6.45, 7) is 0. The molecule has 0 aliphatic heterocycles. The summed E-state index contributed by atoms with van der Waals surface area (Å²) in [5, 5.41) is 9.98. The van der Waals surface area contributed by atoms with Crippen LogP contribution in [0.25, 0.3) is 11.3 Å². The molecule has 0 fully saturated rings. The van der Waals surface area contributed by atoms with Crippen molar-refractivity contribution in [3.8, 4) is 11.3 Å².